The molecule has 2 heterocycles. The van der Waals surface area contributed by atoms with Crippen molar-refractivity contribution in [3.8, 4) is 11.3 Å². The molecule has 0 radical (unpaired) electrons. The van der Waals surface area contributed by atoms with Gasteiger partial charge in [-0.05, 0) is 49.2 Å². The van der Waals surface area contributed by atoms with Gasteiger partial charge < -0.3 is 19.8 Å². The van der Waals surface area contributed by atoms with Crippen LogP contribution in [0.15, 0.2) is 54.0 Å². The smallest absolute Gasteiger partial charge is 0.255 e. The van der Waals surface area contributed by atoms with E-state index in [2.05, 4.69) is 35.7 Å². The molecule has 0 saturated carbocycles. The van der Waals surface area contributed by atoms with Gasteiger partial charge in [0, 0.05) is 31.3 Å². The van der Waals surface area contributed by atoms with Gasteiger partial charge in [-0.25, -0.2) is 4.39 Å². The Bertz CT molecular complexity index is 1150. The van der Waals surface area contributed by atoms with Crippen LogP contribution in [-0.4, -0.2) is 37.2 Å². The van der Waals surface area contributed by atoms with Crippen LogP contribution < -0.4 is 10.6 Å². The average molecular weight is 452 g/mol. The summed E-state index contributed by atoms with van der Waals surface area (Å²) < 4.78 is 25.3. The summed E-state index contributed by atoms with van der Waals surface area (Å²) in [6.45, 7) is 13.0. The van der Waals surface area contributed by atoms with Gasteiger partial charge in [-0.2, -0.15) is 4.98 Å². The van der Waals surface area contributed by atoms with Gasteiger partial charge >= 0.3 is 0 Å². The highest BCUT2D eigenvalue weighted by atomic mass is 19.1. The molecule has 0 fully saturated rings. The molecular weight excluding hydrogens is 421 g/mol. The van der Waals surface area contributed by atoms with Gasteiger partial charge in [-0.15, -0.1) is 6.58 Å². The normalized spacial score (nSPS) is 11.9. The molecule has 0 aliphatic heterocycles. The van der Waals surface area contributed by atoms with Crippen LogP contribution in [0.25, 0.3) is 28.0 Å². The van der Waals surface area contributed by atoms with Crippen LogP contribution in [0.5, 0.6) is 0 Å². The number of anilines is 1. The maximum atomic E-state index is 13.4. The SMILES string of the molecule is C=C[C@@H](CNc1nc2oc(-c3ccc(F)cc3)c(C(=O)NC)c2cc1C(=C)C)OCCCC. The molecule has 3 aromatic rings. The largest absolute Gasteiger partial charge is 0.437 e. The lowest BCUT2D eigenvalue weighted by Gasteiger charge is -2.17. The van der Waals surface area contributed by atoms with E-state index in [4.69, 9.17) is 9.15 Å². The predicted molar refractivity (Wildman–Crippen MR) is 131 cm³/mol. The van der Waals surface area contributed by atoms with E-state index >= 15 is 0 Å². The molecule has 7 heteroatoms. The van der Waals surface area contributed by atoms with E-state index in [-0.39, 0.29) is 17.8 Å². The number of hydrogen-bond donors (Lipinski definition) is 2. The lowest BCUT2D eigenvalue weighted by Crippen LogP contribution is -2.22. The van der Waals surface area contributed by atoms with Gasteiger partial charge in [-0.1, -0.05) is 26.0 Å². The van der Waals surface area contributed by atoms with Gasteiger partial charge in [0.25, 0.3) is 5.91 Å². The van der Waals surface area contributed by atoms with Gasteiger partial charge in [0.2, 0.25) is 5.71 Å². The van der Waals surface area contributed by atoms with Crippen molar-refractivity contribution in [3.05, 3.63) is 66.5 Å². The first-order valence-corrected chi connectivity index (χ1v) is 11.0. The maximum absolute atomic E-state index is 13.4. The summed E-state index contributed by atoms with van der Waals surface area (Å²) in [7, 11) is 1.55. The summed E-state index contributed by atoms with van der Waals surface area (Å²) in [4.78, 5) is 17.4. The summed E-state index contributed by atoms with van der Waals surface area (Å²) in [5, 5.41) is 6.51. The number of ether oxygens (including phenoxy) is 1. The van der Waals surface area contributed by atoms with Crippen LogP contribution in [-0.2, 0) is 4.74 Å². The predicted octanol–water partition coefficient (Wildman–Crippen LogP) is 5.81. The molecule has 174 valence electrons. The Morgan fingerprint density at radius 2 is 2.06 bits per heavy atom. The maximum Gasteiger partial charge on any atom is 0.255 e. The summed E-state index contributed by atoms with van der Waals surface area (Å²) in [5.74, 6) is 0.208. The van der Waals surface area contributed by atoms with Crippen molar-refractivity contribution in [2.24, 2.45) is 0 Å². The number of nitrogens with zero attached hydrogens (tertiary/aromatic N) is 1. The van der Waals surface area contributed by atoms with E-state index in [1.165, 1.54) is 12.1 Å². The number of hydrogen-bond acceptors (Lipinski definition) is 5. The molecule has 6 nitrogen and oxygen atoms in total. The monoisotopic (exact) mass is 451 g/mol. The zero-order valence-electron chi connectivity index (χ0n) is 19.3. The fraction of sp³-hybridized carbons (Fsp3) is 0.308. The van der Waals surface area contributed by atoms with Crippen LogP contribution in [0.3, 0.4) is 0 Å². The summed E-state index contributed by atoms with van der Waals surface area (Å²) in [6, 6.07) is 7.63. The minimum absolute atomic E-state index is 0.181. The first-order valence-electron chi connectivity index (χ1n) is 11.0. The van der Waals surface area contributed by atoms with Crippen molar-refractivity contribution in [1.82, 2.24) is 10.3 Å². The van der Waals surface area contributed by atoms with E-state index in [0.29, 0.717) is 47.0 Å². The Hall–Kier alpha value is -3.45. The fourth-order valence-electron chi connectivity index (χ4n) is 3.42. The molecule has 0 aliphatic rings. The minimum Gasteiger partial charge on any atom is -0.437 e. The number of nitrogens with one attached hydrogen (secondary N) is 2. The van der Waals surface area contributed by atoms with Crippen molar-refractivity contribution >= 4 is 28.4 Å². The fourth-order valence-corrected chi connectivity index (χ4v) is 3.42. The second-order valence-electron chi connectivity index (χ2n) is 7.79. The Balaban J connectivity index is 2.05. The minimum atomic E-state index is -0.372. The molecule has 3 rings (SSSR count). The molecule has 0 saturated heterocycles. The van der Waals surface area contributed by atoms with Gasteiger partial charge in [0.15, 0.2) is 0 Å². The first-order chi connectivity index (χ1) is 15.9. The number of pyridine rings is 1. The van der Waals surface area contributed by atoms with E-state index in [0.717, 1.165) is 24.0 Å². The number of halogens is 1. The number of amides is 1. The van der Waals surface area contributed by atoms with Crippen LogP contribution in [0.1, 0.15) is 42.6 Å². The molecular formula is C26H30FN3O3. The number of benzene rings is 1. The van der Waals surface area contributed by atoms with Crippen molar-refractivity contribution in [3.63, 3.8) is 0 Å². The summed E-state index contributed by atoms with van der Waals surface area (Å²) in [5.41, 5.74) is 2.75. The second-order valence-corrected chi connectivity index (χ2v) is 7.79. The van der Waals surface area contributed by atoms with Crippen LogP contribution in [0.2, 0.25) is 0 Å². The highest BCUT2D eigenvalue weighted by Crippen LogP contribution is 2.36. The lowest BCUT2D eigenvalue weighted by atomic mass is 10.0. The zero-order valence-corrected chi connectivity index (χ0v) is 19.3. The summed E-state index contributed by atoms with van der Waals surface area (Å²) in [6.07, 6.45) is 3.61. The van der Waals surface area contributed by atoms with Crippen LogP contribution in [0.4, 0.5) is 10.2 Å². The van der Waals surface area contributed by atoms with Crippen molar-refractivity contribution in [2.75, 3.05) is 25.5 Å². The number of aromatic nitrogens is 1. The molecule has 0 aliphatic carbocycles. The second kappa shape index (κ2) is 10.9. The standard InChI is InChI=1S/C26H30FN3O3/c1-6-8-13-32-19(7-2)15-29-24-20(16(3)4)14-21-22(25(31)28-5)23(33-26(21)30-24)17-9-11-18(27)12-10-17/h7,9-12,14,19H,2-3,6,8,13,15H2,1,4-5H3,(H,28,31)(H,29,30)/t19-/m0/s1. The number of carbonyl (C=O) groups excluding carboxylic acids is 1. The molecule has 2 N–H and O–H groups in total. The van der Waals surface area contributed by atoms with Crippen LogP contribution >= 0.6 is 0 Å². The zero-order chi connectivity index (χ0) is 24.0. The van der Waals surface area contributed by atoms with Crippen molar-refractivity contribution in [1.29, 1.82) is 0 Å². The Morgan fingerprint density at radius 1 is 1.33 bits per heavy atom. The van der Waals surface area contributed by atoms with E-state index in [1.807, 2.05) is 13.0 Å². The number of rotatable bonds is 11. The number of carbonyl (C=O) groups is 1. The molecule has 1 aromatic carbocycles. The first kappa shape index (κ1) is 24.2. The molecule has 0 spiro atoms. The third-order valence-electron chi connectivity index (χ3n) is 5.27. The van der Waals surface area contributed by atoms with Gasteiger partial charge in [-0.3, -0.25) is 4.79 Å². The highest BCUT2D eigenvalue weighted by Gasteiger charge is 2.24. The number of furan rings is 1. The van der Waals surface area contributed by atoms with E-state index < -0.39 is 0 Å². The van der Waals surface area contributed by atoms with Crippen molar-refractivity contribution in [2.45, 2.75) is 32.8 Å². The van der Waals surface area contributed by atoms with Gasteiger partial charge in [0.05, 0.1) is 17.1 Å². The highest BCUT2D eigenvalue weighted by molar-refractivity contribution is 6.11. The average Bonchev–Trinajstić information content (AvgIpc) is 3.18. The molecule has 0 unspecified atom stereocenters. The van der Waals surface area contributed by atoms with Crippen molar-refractivity contribution < 1.29 is 18.3 Å². The number of unbranched alkanes of at least 4 members (excludes halogenated alkanes) is 1. The Morgan fingerprint density at radius 3 is 2.67 bits per heavy atom. The molecule has 0 bridgehead atoms. The third kappa shape index (κ3) is 5.49. The quantitative estimate of drug-likeness (QED) is 0.284. The van der Waals surface area contributed by atoms with E-state index in [9.17, 15) is 9.18 Å². The van der Waals surface area contributed by atoms with E-state index in [1.54, 1.807) is 25.3 Å². The number of fused-ring (bicyclic) bond motifs is 1. The molecule has 1 amide bonds. The lowest BCUT2D eigenvalue weighted by molar-refractivity contribution is 0.0912. The molecule has 2 aromatic heterocycles. The summed E-state index contributed by atoms with van der Waals surface area (Å²) >= 11 is 0. The van der Waals surface area contributed by atoms with Gasteiger partial charge in [0.1, 0.15) is 17.4 Å². The third-order valence-corrected chi connectivity index (χ3v) is 5.27. The Labute approximate surface area is 193 Å². The topological polar surface area (TPSA) is 76.4 Å². The molecule has 1 atom stereocenters. The number of allylic oxidation sites excluding steroid dienone is 1. The Kier molecular flexibility index (Phi) is 8.01. The van der Waals surface area contributed by atoms with Crippen LogP contribution in [0, 0.1) is 5.82 Å². The molecule has 33 heavy (non-hydrogen) atoms.